The van der Waals surface area contributed by atoms with Crippen molar-refractivity contribution in [2.24, 2.45) is 4.99 Å². The topological polar surface area (TPSA) is 88.0 Å². The average molecular weight is 582 g/mol. The van der Waals surface area contributed by atoms with Crippen molar-refractivity contribution in [1.82, 2.24) is 9.97 Å². The minimum Gasteiger partial charge on any atom is -0.398 e. The van der Waals surface area contributed by atoms with E-state index in [9.17, 15) is 27.2 Å². The second-order valence-electron chi connectivity index (χ2n) is 8.38. The summed E-state index contributed by atoms with van der Waals surface area (Å²) in [5, 5.41) is 9.14. The third-order valence-corrected chi connectivity index (χ3v) is 7.10. The van der Waals surface area contributed by atoms with E-state index in [-0.39, 0.29) is 22.0 Å². The Morgan fingerprint density at radius 1 is 1.08 bits per heavy atom. The first-order valence-electron chi connectivity index (χ1n) is 12.0. The lowest BCUT2D eigenvalue weighted by molar-refractivity contribution is -0.290. The highest BCUT2D eigenvalue weighted by Crippen LogP contribution is 2.48. The lowest BCUT2D eigenvalue weighted by Gasteiger charge is -2.19. The minimum absolute atomic E-state index is 0.108. The number of thioether (sulfide) groups is 1. The van der Waals surface area contributed by atoms with Crippen LogP contribution in [0.3, 0.4) is 0 Å². The molecule has 39 heavy (non-hydrogen) atoms. The SMILES string of the molecule is CC.CCSc1cc(-c2ccc(C3(C#N)CC3)cc2)cnc1/N=C(\Cl)c1cnc(C(F)(F)C(F)(F)F)cc1N. The highest BCUT2D eigenvalue weighted by molar-refractivity contribution is 7.99. The first-order chi connectivity index (χ1) is 18.4. The summed E-state index contributed by atoms with van der Waals surface area (Å²) in [6, 6.07) is 12.4. The summed E-state index contributed by atoms with van der Waals surface area (Å²) in [5.74, 6) is -4.26. The largest absolute Gasteiger partial charge is 0.459 e. The predicted octanol–water partition coefficient (Wildman–Crippen LogP) is 8.39. The Morgan fingerprint density at radius 2 is 1.72 bits per heavy atom. The van der Waals surface area contributed by atoms with Crippen LogP contribution in [0.15, 0.2) is 58.7 Å². The molecule has 0 aliphatic heterocycles. The maximum atomic E-state index is 13.6. The molecule has 1 saturated carbocycles. The van der Waals surface area contributed by atoms with Gasteiger partial charge in [0.1, 0.15) is 10.9 Å². The first kappa shape index (κ1) is 30.3. The van der Waals surface area contributed by atoms with Crippen LogP contribution in [-0.4, -0.2) is 27.1 Å². The predicted molar refractivity (Wildman–Crippen MR) is 145 cm³/mol. The van der Waals surface area contributed by atoms with Gasteiger partial charge in [-0.3, -0.25) is 4.98 Å². The summed E-state index contributed by atoms with van der Waals surface area (Å²) >= 11 is 7.70. The number of nitriles is 1. The Morgan fingerprint density at radius 3 is 2.23 bits per heavy atom. The molecule has 1 aromatic carbocycles. The van der Waals surface area contributed by atoms with E-state index in [2.05, 4.69) is 21.0 Å². The van der Waals surface area contributed by atoms with Crippen LogP contribution in [-0.2, 0) is 11.3 Å². The molecule has 12 heteroatoms. The molecule has 4 rings (SSSR count). The number of hydrogen-bond donors (Lipinski definition) is 1. The van der Waals surface area contributed by atoms with Crippen molar-refractivity contribution in [1.29, 1.82) is 5.26 Å². The summed E-state index contributed by atoms with van der Waals surface area (Å²) in [7, 11) is 0. The van der Waals surface area contributed by atoms with Gasteiger partial charge in [0.05, 0.1) is 21.9 Å². The second-order valence-corrected chi connectivity index (χ2v) is 10.0. The summed E-state index contributed by atoms with van der Waals surface area (Å²) in [6.45, 7) is 5.93. The van der Waals surface area contributed by atoms with E-state index in [4.69, 9.17) is 17.3 Å². The molecular formula is C27H25ClF5N5S. The monoisotopic (exact) mass is 581 g/mol. The molecule has 1 aliphatic carbocycles. The van der Waals surface area contributed by atoms with Crippen molar-refractivity contribution in [2.45, 2.75) is 56.0 Å². The highest BCUT2D eigenvalue weighted by Gasteiger charge is 2.60. The van der Waals surface area contributed by atoms with Crippen molar-refractivity contribution in [2.75, 3.05) is 11.5 Å². The van der Waals surface area contributed by atoms with Gasteiger partial charge < -0.3 is 5.73 Å². The lowest BCUT2D eigenvalue weighted by atomic mass is 9.95. The lowest BCUT2D eigenvalue weighted by Crippen LogP contribution is -2.34. The molecule has 2 N–H and O–H groups in total. The number of halogens is 6. The van der Waals surface area contributed by atoms with Crippen LogP contribution in [0, 0.1) is 11.3 Å². The molecule has 1 fully saturated rings. The fourth-order valence-electron chi connectivity index (χ4n) is 3.63. The Labute approximate surface area is 232 Å². The van der Waals surface area contributed by atoms with Crippen LogP contribution in [0.1, 0.15) is 50.4 Å². The number of nitrogens with two attached hydrogens (primary N) is 1. The van der Waals surface area contributed by atoms with Crippen molar-refractivity contribution in [3.05, 3.63) is 65.6 Å². The van der Waals surface area contributed by atoms with Crippen LogP contribution in [0.2, 0.25) is 0 Å². The number of nitrogen functional groups attached to an aromatic ring is 1. The smallest absolute Gasteiger partial charge is 0.398 e. The standard InChI is InChI=1S/C25H19ClF5N5S.C2H6/c1-2-37-19-9-15(14-3-5-16(6-4-14)23(13-32)7-8-23)11-35-22(19)36-21(26)17-12-34-20(10-18(17)33)24(27,28)25(29,30)31;1-2/h3-6,9-12H,2,7-8H2,1H3,(H2,33,34);1-2H3/b36-21-;. The number of aliphatic imine (C=N–C) groups is 1. The van der Waals surface area contributed by atoms with Gasteiger partial charge in [-0.2, -0.15) is 27.2 Å². The molecule has 2 heterocycles. The number of benzene rings is 1. The molecule has 1 aliphatic rings. The molecule has 5 nitrogen and oxygen atoms in total. The van der Waals surface area contributed by atoms with Crippen LogP contribution >= 0.6 is 23.4 Å². The fraction of sp³-hybridized carbons (Fsp3) is 0.333. The van der Waals surface area contributed by atoms with Gasteiger partial charge in [0, 0.05) is 23.6 Å². The van der Waals surface area contributed by atoms with Crippen molar-refractivity contribution in [3.8, 4) is 17.2 Å². The van der Waals surface area contributed by atoms with E-state index in [0.717, 1.165) is 35.7 Å². The van der Waals surface area contributed by atoms with Gasteiger partial charge in [0.2, 0.25) is 0 Å². The summed E-state index contributed by atoms with van der Waals surface area (Å²) in [6.07, 6.45) is -1.80. The minimum atomic E-state index is -5.82. The number of rotatable bonds is 7. The summed E-state index contributed by atoms with van der Waals surface area (Å²) < 4.78 is 65.2. The Kier molecular flexibility index (Phi) is 9.23. The molecule has 0 amide bonds. The number of pyridine rings is 2. The van der Waals surface area contributed by atoms with E-state index in [1.54, 1.807) is 6.20 Å². The fourth-order valence-corrected chi connectivity index (χ4v) is 4.61. The van der Waals surface area contributed by atoms with E-state index >= 15 is 0 Å². The second kappa shape index (κ2) is 11.9. The van der Waals surface area contributed by atoms with Gasteiger partial charge in [-0.25, -0.2) is 9.98 Å². The third kappa shape index (κ3) is 6.34. The quantitative estimate of drug-likeness (QED) is 0.172. The normalized spacial score (nSPS) is 14.7. The average Bonchev–Trinajstić information content (AvgIpc) is 3.72. The Hall–Kier alpha value is -3.23. The van der Waals surface area contributed by atoms with Gasteiger partial charge in [-0.1, -0.05) is 56.6 Å². The highest BCUT2D eigenvalue weighted by atomic mass is 35.5. The number of aromatic nitrogens is 2. The molecule has 2 aromatic heterocycles. The maximum absolute atomic E-state index is 13.6. The van der Waals surface area contributed by atoms with Crippen molar-refractivity contribution >= 4 is 40.0 Å². The van der Waals surface area contributed by atoms with Crippen molar-refractivity contribution < 1.29 is 22.0 Å². The number of anilines is 1. The van der Waals surface area contributed by atoms with Gasteiger partial charge in [0.15, 0.2) is 5.82 Å². The van der Waals surface area contributed by atoms with Crippen LogP contribution in [0.4, 0.5) is 33.5 Å². The van der Waals surface area contributed by atoms with E-state index in [1.165, 1.54) is 11.8 Å². The molecular weight excluding hydrogens is 557 g/mol. The van der Waals surface area contributed by atoms with Crippen LogP contribution < -0.4 is 5.73 Å². The van der Waals surface area contributed by atoms with E-state index in [1.807, 2.05) is 51.1 Å². The molecule has 0 radical (unpaired) electrons. The molecule has 0 spiro atoms. The van der Waals surface area contributed by atoms with E-state index < -0.39 is 23.5 Å². The van der Waals surface area contributed by atoms with E-state index in [0.29, 0.717) is 16.7 Å². The molecule has 0 bridgehead atoms. The van der Waals surface area contributed by atoms with Gasteiger partial charge >= 0.3 is 12.1 Å². The number of alkyl halides is 5. The van der Waals surface area contributed by atoms with Gasteiger partial charge in [-0.05, 0) is 41.9 Å². The zero-order valence-corrected chi connectivity index (χ0v) is 22.9. The third-order valence-electron chi connectivity index (χ3n) is 5.91. The Bertz CT molecular complexity index is 1400. The number of hydrogen-bond acceptors (Lipinski definition) is 6. The summed E-state index contributed by atoms with van der Waals surface area (Å²) in [5.41, 5.74) is 5.93. The first-order valence-corrected chi connectivity index (χ1v) is 13.4. The zero-order chi connectivity index (χ0) is 29.0. The molecule has 3 aromatic rings. The van der Waals surface area contributed by atoms with Gasteiger partial charge in [0.25, 0.3) is 0 Å². The molecule has 0 saturated heterocycles. The Balaban J connectivity index is 0.00000205. The van der Waals surface area contributed by atoms with Crippen LogP contribution in [0.5, 0.6) is 0 Å². The van der Waals surface area contributed by atoms with Crippen molar-refractivity contribution in [3.63, 3.8) is 0 Å². The van der Waals surface area contributed by atoms with Crippen LogP contribution in [0.25, 0.3) is 11.1 Å². The molecule has 206 valence electrons. The molecule has 0 unspecified atom stereocenters. The van der Waals surface area contributed by atoms with Gasteiger partial charge in [-0.15, -0.1) is 11.8 Å². The molecule has 0 atom stereocenters. The number of nitrogens with zero attached hydrogens (tertiary/aromatic N) is 4. The zero-order valence-electron chi connectivity index (χ0n) is 21.3. The maximum Gasteiger partial charge on any atom is 0.459 e. The summed E-state index contributed by atoms with van der Waals surface area (Å²) in [4.78, 5) is 12.5.